The summed E-state index contributed by atoms with van der Waals surface area (Å²) in [5.41, 5.74) is 0. The van der Waals surface area contributed by atoms with Crippen molar-refractivity contribution in [2.45, 2.75) is 13.8 Å². The lowest BCUT2D eigenvalue weighted by Crippen LogP contribution is -2.17. The van der Waals surface area contributed by atoms with Crippen LogP contribution in [-0.4, -0.2) is 33.2 Å². The zero-order valence-electron chi connectivity index (χ0n) is 7.27. The van der Waals surface area contributed by atoms with Crippen molar-refractivity contribution < 1.29 is 26.4 Å². The Kier molecular flexibility index (Phi) is 4.74. The fourth-order valence-corrected chi connectivity index (χ4v) is 1.03. The number of carbonyl (C=O) groups is 2. The van der Waals surface area contributed by atoms with Gasteiger partial charge < -0.3 is 0 Å². The van der Waals surface area contributed by atoms with Crippen LogP contribution in [0.1, 0.15) is 13.8 Å². The second-order valence-corrected chi connectivity index (χ2v) is 3.62. The molecule has 0 heterocycles. The summed E-state index contributed by atoms with van der Waals surface area (Å²) in [6.07, 6.45) is 0. The third kappa shape index (κ3) is 7.57. The molecular formula is C6H10O6S. The molecule has 0 amide bonds. The Morgan fingerprint density at radius 2 is 1.31 bits per heavy atom. The Labute approximate surface area is 76.2 Å². The zero-order chi connectivity index (χ0) is 10.5. The Bertz CT molecular complexity index is 266. The van der Waals surface area contributed by atoms with Crippen molar-refractivity contribution in [3.05, 3.63) is 0 Å². The van der Waals surface area contributed by atoms with E-state index in [-0.39, 0.29) is 0 Å². The van der Waals surface area contributed by atoms with Gasteiger partial charge in [0.05, 0.1) is 0 Å². The Morgan fingerprint density at radius 3 is 1.54 bits per heavy atom. The van der Waals surface area contributed by atoms with E-state index in [2.05, 4.69) is 8.37 Å². The van der Waals surface area contributed by atoms with Crippen molar-refractivity contribution in [3.63, 3.8) is 0 Å². The second-order valence-electron chi connectivity index (χ2n) is 2.34. The molecule has 0 saturated heterocycles. The highest BCUT2D eigenvalue weighted by molar-refractivity contribution is 7.81. The van der Waals surface area contributed by atoms with Crippen LogP contribution in [0.15, 0.2) is 0 Å². The van der Waals surface area contributed by atoms with Gasteiger partial charge in [-0.3, -0.25) is 9.59 Å². The average molecular weight is 210 g/mol. The van der Waals surface area contributed by atoms with Crippen LogP contribution in [0.3, 0.4) is 0 Å². The predicted molar refractivity (Wildman–Crippen MR) is 42.2 cm³/mol. The molecule has 0 aromatic heterocycles. The maximum atomic E-state index is 10.7. The van der Waals surface area contributed by atoms with Gasteiger partial charge in [0.15, 0.2) is 11.6 Å². The molecule has 0 aromatic carbocycles. The zero-order valence-corrected chi connectivity index (χ0v) is 8.09. The average Bonchev–Trinajstić information content (AvgIpc) is 1.98. The number of Topliss-reactive ketones (excluding diaryl/α,β-unsaturated/α-hetero) is 2. The van der Waals surface area contributed by atoms with E-state index in [0.717, 1.165) is 0 Å². The molecule has 0 rings (SSSR count). The summed E-state index contributed by atoms with van der Waals surface area (Å²) >= 11 is 0. The third-order valence-corrected chi connectivity index (χ3v) is 1.63. The van der Waals surface area contributed by atoms with Gasteiger partial charge >= 0.3 is 10.4 Å². The van der Waals surface area contributed by atoms with Crippen molar-refractivity contribution in [1.82, 2.24) is 0 Å². The molecule has 0 saturated carbocycles. The predicted octanol–water partition coefficient (Wildman–Crippen LogP) is -0.558. The van der Waals surface area contributed by atoms with Gasteiger partial charge in [0, 0.05) is 0 Å². The lowest BCUT2D eigenvalue weighted by Gasteiger charge is -2.01. The van der Waals surface area contributed by atoms with Gasteiger partial charge in [0.1, 0.15) is 13.2 Å². The van der Waals surface area contributed by atoms with Crippen molar-refractivity contribution in [3.8, 4) is 0 Å². The summed E-state index contributed by atoms with van der Waals surface area (Å²) in [5, 5.41) is 0. The maximum Gasteiger partial charge on any atom is 0.400 e. The monoisotopic (exact) mass is 210 g/mol. The van der Waals surface area contributed by atoms with E-state index in [4.69, 9.17) is 0 Å². The molecule has 0 atom stereocenters. The van der Waals surface area contributed by atoms with Crippen LogP contribution >= 0.6 is 0 Å². The van der Waals surface area contributed by atoms with Crippen LogP contribution in [-0.2, 0) is 28.4 Å². The van der Waals surface area contributed by atoms with E-state index in [9.17, 15) is 18.0 Å². The molecule has 7 heteroatoms. The fourth-order valence-electron chi connectivity index (χ4n) is 0.344. The van der Waals surface area contributed by atoms with Crippen molar-refractivity contribution in [1.29, 1.82) is 0 Å². The highest BCUT2D eigenvalue weighted by atomic mass is 32.3. The molecule has 0 aliphatic rings. The van der Waals surface area contributed by atoms with E-state index in [1.807, 2.05) is 0 Å². The molecule has 0 radical (unpaired) electrons. The fraction of sp³-hybridized carbons (Fsp3) is 0.667. The summed E-state index contributed by atoms with van der Waals surface area (Å²) in [6.45, 7) is 1.17. The van der Waals surface area contributed by atoms with Gasteiger partial charge in [-0.15, -0.1) is 0 Å². The number of carbonyl (C=O) groups excluding carboxylic acids is 2. The van der Waals surface area contributed by atoms with E-state index < -0.39 is 35.2 Å². The summed E-state index contributed by atoms with van der Waals surface area (Å²) < 4.78 is 29.6. The van der Waals surface area contributed by atoms with E-state index in [1.54, 1.807) is 0 Å². The Balaban J connectivity index is 3.95. The van der Waals surface area contributed by atoms with Crippen LogP contribution in [0.25, 0.3) is 0 Å². The standard InChI is InChI=1S/C6H10O6S/c1-5(7)3-11-13(9,10)12-4-6(2)8/h3-4H2,1-2H3. The topological polar surface area (TPSA) is 86.7 Å². The summed E-state index contributed by atoms with van der Waals surface area (Å²) in [7, 11) is -4.21. The molecule has 0 aliphatic carbocycles. The lowest BCUT2D eigenvalue weighted by molar-refractivity contribution is -0.119. The quantitative estimate of drug-likeness (QED) is 0.584. The van der Waals surface area contributed by atoms with Crippen LogP contribution < -0.4 is 0 Å². The molecule has 76 valence electrons. The lowest BCUT2D eigenvalue weighted by atomic mass is 10.5. The molecule has 0 spiro atoms. The third-order valence-electron chi connectivity index (χ3n) is 0.813. The molecule has 0 aromatic rings. The van der Waals surface area contributed by atoms with Gasteiger partial charge in [0.25, 0.3) is 0 Å². The van der Waals surface area contributed by atoms with Gasteiger partial charge in [-0.05, 0) is 13.8 Å². The SMILES string of the molecule is CC(=O)COS(=O)(=O)OCC(C)=O. The molecule has 0 bridgehead atoms. The van der Waals surface area contributed by atoms with E-state index in [1.165, 1.54) is 13.8 Å². The normalized spacial score (nSPS) is 11.2. The summed E-state index contributed by atoms with van der Waals surface area (Å²) in [4.78, 5) is 20.6. The van der Waals surface area contributed by atoms with Gasteiger partial charge in [0.2, 0.25) is 0 Å². The van der Waals surface area contributed by atoms with Gasteiger partial charge in [-0.25, -0.2) is 8.37 Å². The molecule has 13 heavy (non-hydrogen) atoms. The Morgan fingerprint density at radius 1 is 1.00 bits per heavy atom. The maximum absolute atomic E-state index is 10.7. The first-order chi connectivity index (χ1) is 5.83. The summed E-state index contributed by atoms with van der Waals surface area (Å²) in [6, 6.07) is 0. The minimum Gasteiger partial charge on any atom is -0.297 e. The first-order valence-electron chi connectivity index (χ1n) is 3.36. The molecular weight excluding hydrogens is 200 g/mol. The first kappa shape index (κ1) is 12.2. The van der Waals surface area contributed by atoms with Crippen LogP contribution in [0.4, 0.5) is 0 Å². The highest BCUT2D eigenvalue weighted by Crippen LogP contribution is 1.95. The summed E-state index contributed by atoms with van der Waals surface area (Å²) in [5.74, 6) is -0.898. The van der Waals surface area contributed by atoms with Crippen molar-refractivity contribution in [2.75, 3.05) is 13.2 Å². The van der Waals surface area contributed by atoms with E-state index >= 15 is 0 Å². The molecule has 0 aliphatic heterocycles. The van der Waals surface area contributed by atoms with Crippen molar-refractivity contribution in [2.24, 2.45) is 0 Å². The van der Waals surface area contributed by atoms with Crippen LogP contribution in [0, 0.1) is 0 Å². The van der Waals surface area contributed by atoms with Gasteiger partial charge in [-0.1, -0.05) is 0 Å². The second kappa shape index (κ2) is 5.05. The minimum absolute atomic E-state index is 0.449. The molecule has 0 N–H and O–H groups in total. The molecule has 0 fully saturated rings. The van der Waals surface area contributed by atoms with Crippen molar-refractivity contribution >= 4 is 22.0 Å². The molecule has 6 nitrogen and oxygen atoms in total. The van der Waals surface area contributed by atoms with Crippen LogP contribution in [0.5, 0.6) is 0 Å². The van der Waals surface area contributed by atoms with E-state index in [0.29, 0.717) is 0 Å². The molecule has 0 unspecified atom stereocenters. The first-order valence-corrected chi connectivity index (χ1v) is 4.69. The largest absolute Gasteiger partial charge is 0.400 e. The smallest absolute Gasteiger partial charge is 0.297 e. The number of hydrogen-bond acceptors (Lipinski definition) is 6. The minimum atomic E-state index is -4.21. The number of hydrogen-bond donors (Lipinski definition) is 0. The van der Waals surface area contributed by atoms with Crippen LogP contribution in [0.2, 0.25) is 0 Å². The highest BCUT2D eigenvalue weighted by Gasteiger charge is 2.13. The van der Waals surface area contributed by atoms with Gasteiger partial charge in [-0.2, -0.15) is 8.42 Å². The number of rotatable bonds is 6. The Hall–Kier alpha value is -0.790. The number of ketones is 2.